The topological polar surface area (TPSA) is 118 Å². The van der Waals surface area contributed by atoms with Gasteiger partial charge in [0.05, 0.1) is 61.6 Å². The summed E-state index contributed by atoms with van der Waals surface area (Å²) in [6.07, 6.45) is 5.89. The minimum absolute atomic E-state index is 0.236. The van der Waals surface area contributed by atoms with E-state index in [0.29, 0.717) is 62.1 Å². The first kappa shape index (κ1) is 32.3. The molecule has 0 saturated carbocycles. The first-order chi connectivity index (χ1) is 20.5. The first-order valence-electron chi connectivity index (χ1n) is 14.8. The normalized spacial score (nSPS) is 15.9. The van der Waals surface area contributed by atoms with Crippen LogP contribution in [0, 0.1) is 6.92 Å². The van der Waals surface area contributed by atoms with E-state index in [-0.39, 0.29) is 12.2 Å². The van der Waals surface area contributed by atoms with Crippen molar-refractivity contribution in [2.75, 3.05) is 37.8 Å². The molecule has 234 valence electrons. The summed E-state index contributed by atoms with van der Waals surface area (Å²) >= 11 is 0. The fraction of sp³-hybridized carbons (Fsp3) is 0.581. The van der Waals surface area contributed by atoms with Gasteiger partial charge < -0.3 is 23.8 Å². The van der Waals surface area contributed by atoms with Crippen molar-refractivity contribution in [2.45, 2.75) is 84.8 Å². The van der Waals surface area contributed by atoms with Gasteiger partial charge in [-0.15, -0.1) is 18.3 Å². The standard InChI is InChI=1S/C31H45N7O5/c1-9-16-40-21-24-20-37(35-33-24)19-23-18-25-32-22(4)26(27(29(39)41-11-3)43-30(5,6)7)28(38(25)34-23)36-14-12-31(8,13-15-36)42-17-10-2/h9-10,18,20,27H,1-2,11-17,19,21H2,3-8H3. The molecule has 4 heterocycles. The predicted octanol–water partition coefficient (Wildman–Crippen LogP) is 4.36. The smallest absolute Gasteiger partial charge is 0.340 e. The fourth-order valence-corrected chi connectivity index (χ4v) is 5.14. The number of anilines is 1. The van der Waals surface area contributed by atoms with Crippen molar-refractivity contribution < 1.29 is 23.7 Å². The molecule has 1 atom stereocenters. The lowest BCUT2D eigenvalue weighted by molar-refractivity contribution is -0.166. The summed E-state index contributed by atoms with van der Waals surface area (Å²) in [5.41, 5.74) is 2.55. The lowest BCUT2D eigenvalue weighted by Gasteiger charge is -2.41. The molecule has 0 spiro atoms. The van der Waals surface area contributed by atoms with Crippen molar-refractivity contribution in [3.05, 3.63) is 60.2 Å². The molecule has 43 heavy (non-hydrogen) atoms. The summed E-state index contributed by atoms with van der Waals surface area (Å²) in [4.78, 5) is 20.6. The summed E-state index contributed by atoms with van der Waals surface area (Å²) < 4.78 is 27.0. The number of carbonyl (C=O) groups excluding carboxylic acids is 1. The summed E-state index contributed by atoms with van der Waals surface area (Å²) in [7, 11) is 0. The van der Waals surface area contributed by atoms with Crippen LogP contribution >= 0.6 is 0 Å². The number of hydrogen-bond acceptors (Lipinski definition) is 10. The van der Waals surface area contributed by atoms with Gasteiger partial charge in [-0.2, -0.15) is 9.61 Å². The van der Waals surface area contributed by atoms with Crippen LogP contribution in [0.2, 0.25) is 0 Å². The molecule has 1 aliphatic heterocycles. The largest absolute Gasteiger partial charge is 0.464 e. The molecule has 0 aromatic carbocycles. The Morgan fingerprint density at radius 3 is 2.53 bits per heavy atom. The molecule has 0 amide bonds. The molecular weight excluding hydrogens is 550 g/mol. The monoisotopic (exact) mass is 595 g/mol. The van der Waals surface area contributed by atoms with Crippen LogP contribution in [0.1, 0.15) is 76.2 Å². The first-order valence-corrected chi connectivity index (χ1v) is 14.8. The SMILES string of the molecule is C=CCOCc1cn(Cc2cc3nc(C)c(C(OC(C)(C)C)C(=O)OCC)c(N4CCC(C)(OCC=C)CC4)n3n2)nn1. The Bertz CT molecular complexity index is 1420. The molecule has 3 aromatic rings. The predicted molar refractivity (Wildman–Crippen MR) is 163 cm³/mol. The van der Waals surface area contributed by atoms with E-state index in [4.69, 9.17) is 29.0 Å². The van der Waals surface area contributed by atoms with Crippen molar-refractivity contribution in [1.29, 1.82) is 0 Å². The van der Waals surface area contributed by atoms with E-state index >= 15 is 0 Å². The second-order valence-corrected chi connectivity index (χ2v) is 12.0. The Morgan fingerprint density at radius 1 is 1.16 bits per heavy atom. The lowest BCUT2D eigenvalue weighted by Crippen LogP contribution is -2.45. The number of ether oxygens (including phenoxy) is 4. The number of esters is 1. The Kier molecular flexibility index (Phi) is 10.4. The maximum absolute atomic E-state index is 13.4. The maximum atomic E-state index is 13.4. The summed E-state index contributed by atoms with van der Waals surface area (Å²) in [5.74, 6) is 0.305. The van der Waals surface area contributed by atoms with Gasteiger partial charge in [0.15, 0.2) is 11.8 Å². The van der Waals surface area contributed by atoms with E-state index in [1.54, 1.807) is 23.8 Å². The molecular formula is C31H45N7O5. The highest BCUT2D eigenvalue weighted by Gasteiger charge is 2.38. The van der Waals surface area contributed by atoms with Gasteiger partial charge >= 0.3 is 5.97 Å². The Labute approximate surface area is 253 Å². The van der Waals surface area contributed by atoms with Crippen molar-refractivity contribution in [3.63, 3.8) is 0 Å². The van der Waals surface area contributed by atoms with Crippen LogP contribution in [0.4, 0.5) is 5.82 Å². The minimum Gasteiger partial charge on any atom is -0.464 e. The number of aryl methyl sites for hydroxylation is 1. The molecule has 12 nitrogen and oxygen atoms in total. The summed E-state index contributed by atoms with van der Waals surface area (Å²) in [5, 5.41) is 13.4. The number of hydrogen-bond donors (Lipinski definition) is 0. The van der Waals surface area contributed by atoms with Gasteiger partial charge in [0.25, 0.3) is 0 Å². The number of aromatic nitrogens is 6. The van der Waals surface area contributed by atoms with Gasteiger partial charge in [-0.3, -0.25) is 0 Å². The highest BCUT2D eigenvalue weighted by Crippen LogP contribution is 2.38. The van der Waals surface area contributed by atoms with E-state index in [1.807, 2.05) is 44.5 Å². The third-order valence-corrected chi connectivity index (χ3v) is 7.16. The minimum atomic E-state index is -0.988. The van der Waals surface area contributed by atoms with E-state index < -0.39 is 17.7 Å². The molecule has 1 fully saturated rings. The fourth-order valence-electron chi connectivity index (χ4n) is 5.14. The highest BCUT2D eigenvalue weighted by molar-refractivity contribution is 5.80. The molecule has 0 N–H and O–H groups in total. The quantitative estimate of drug-likeness (QED) is 0.151. The molecule has 4 rings (SSSR count). The van der Waals surface area contributed by atoms with Crippen LogP contribution < -0.4 is 4.90 Å². The van der Waals surface area contributed by atoms with Gasteiger partial charge in [0, 0.05) is 24.8 Å². The third kappa shape index (κ3) is 8.07. The van der Waals surface area contributed by atoms with Crippen LogP contribution in [-0.4, -0.2) is 79.7 Å². The number of rotatable bonds is 14. The molecule has 0 bridgehead atoms. The van der Waals surface area contributed by atoms with Gasteiger partial charge in [-0.1, -0.05) is 17.4 Å². The summed E-state index contributed by atoms with van der Waals surface area (Å²) in [6.45, 7) is 22.3. The number of fused-ring (bicyclic) bond motifs is 1. The molecule has 1 aliphatic rings. The van der Waals surface area contributed by atoms with Crippen LogP contribution in [-0.2, 0) is 36.9 Å². The lowest BCUT2D eigenvalue weighted by atomic mass is 9.92. The molecule has 12 heteroatoms. The van der Waals surface area contributed by atoms with E-state index in [1.165, 1.54) is 0 Å². The second kappa shape index (κ2) is 13.8. The van der Waals surface area contributed by atoms with Crippen molar-refractivity contribution in [3.8, 4) is 0 Å². The highest BCUT2D eigenvalue weighted by atomic mass is 16.6. The molecule has 1 unspecified atom stereocenters. The average molecular weight is 596 g/mol. The van der Waals surface area contributed by atoms with Gasteiger partial charge in [0.1, 0.15) is 11.5 Å². The zero-order valence-electron chi connectivity index (χ0n) is 26.3. The van der Waals surface area contributed by atoms with Crippen LogP contribution in [0.5, 0.6) is 0 Å². The number of nitrogens with zero attached hydrogens (tertiary/aromatic N) is 7. The van der Waals surface area contributed by atoms with E-state index in [2.05, 4.69) is 35.3 Å². The second-order valence-electron chi connectivity index (χ2n) is 12.0. The van der Waals surface area contributed by atoms with Gasteiger partial charge in [-0.25, -0.2) is 14.5 Å². The van der Waals surface area contributed by atoms with Crippen molar-refractivity contribution >= 4 is 17.4 Å². The Balaban J connectivity index is 1.77. The zero-order valence-corrected chi connectivity index (χ0v) is 26.3. The van der Waals surface area contributed by atoms with Crippen molar-refractivity contribution in [1.82, 2.24) is 29.6 Å². The molecule has 3 aromatic heterocycles. The maximum Gasteiger partial charge on any atom is 0.340 e. The van der Waals surface area contributed by atoms with Crippen LogP contribution in [0.15, 0.2) is 37.6 Å². The van der Waals surface area contributed by atoms with E-state index in [0.717, 1.165) is 24.4 Å². The zero-order chi connectivity index (χ0) is 31.2. The molecule has 1 saturated heterocycles. The average Bonchev–Trinajstić information content (AvgIpc) is 3.56. The Hall–Kier alpha value is -3.61. The third-order valence-electron chi connectivity index (χ3n) is 7.16. The molecule has 0 radical (unpaired) electrons. The number of piperidine rings is 1. The Morgan fingerprint density at radius 2 is 1.88 bits per heavy atom. The van der Waals surface area contributed by atoms with Crippen LogP contribution in [0.25, 0.3) is 5.65 Å². The number of carbonyl (C=O) groups is 1. The molecule has 0 aliphatic carbocycles. The van der Waals surface area contributed by atoms with Crippen molar-refractivity contribution in [2.24, 2.45) is 0 Å². The van der Waals surface area contributed by atoms with Gasteiger partial charge in [0.2, 0.25) is 0 Å². The van der Waals surface area contributed by atoms with Gasteiger partial charge in [-0.05, 0) is 54.4 Å². The van der Waals surface area contributed by atoms with Crippen LogP contribution in [0.3, 0.4) is 0 Å². The summed E-state index contributed by atoms with van der Waals surface area (Å²) in [6, 6.07) is 1.93. The van der Waals surface area contributed by atoms with E-state index in [9.17, 15) is 4.79 Å².